The number of nitrogens with zero attached hydrogens (tertiary/aromatic N) is 2. The molecule has 2 N–H and O–H groups in total. The van der Waals surface area contributed by atoms with Crippen molar-refractivity contribution in [2.45, 2.75) is 26.3 Å². The molecule has 17 heavy (non-hydrogen) atoms. The van der Waals surface area contributed by atoms with E-state index >= 15 is 0 Å². The van der Waals surface area contributed by atoms with Crippen molar-refractivity contribution in [3.63, 3.8) is 0 Å². The fourth-order valence-corrected chi connectivity index (χ4v) is 1.37. The molecule has 92 valence electrons. The summed E-state index contributed by atoms with van der Waals surface area (Å²) >= 11 is 0. The highest BCUT2D eigenvalue weighted by Gasteiger charge is 2.10. The van der Waals surface area contributed by atoms with E-state index in [-0.39, 0.29) is 18.1 Å². The second kappa shape index (κ2) is 5.95. The van der Waals surface area contributed by atoms with Crippen molar-refractivity contribution in [2.75, 3.05) is 0 Å². The average Bonchev–Trinajstić information content (AvgIpc) is 2.30. The summed E-state index contributed by atoms with van der Waals surface area (Å²) in [6.45, 7) is 2.16. The van der Waals surface area contributed by atoms with Gasteiger partial charge < -0.3 is 0 Å². The van der Waals surface area contributed by atoms with Crippen molar-refractivity contribution >= 4 is 11.6 Å². The minimum atomic E-state index is -0.466. The molecule has 6 heteroatoms. The summed E-state index contributed by atoms with van der Waals surface area (Å²) in [5.74, 6) is 5.45. The van der Waals surface area contributed by atoms with E-state index in [4.69, 9.17) is 5.84 Å². The van der Waals surface area contributed by atoms with E-state index in [2.05, 4.69) is 0 Å². The molecule has 0 bridgehead atoms. The molecule has 0 atom stereocenters. The zero-order valence-corrected chi connectivity index (χ0v) is 9.63. The molecule has 0 aromatic heterocycles. The summed E-state index contributed by atoms with van der Waals surface area (Å²) in [4.78, 5) is 21.4. The third-order valence-corrected chi connectivity index (χ3v) is 2.28. The van der Waals surface area contributed by atoms with Gasteiger partial charge in [0.15, 0.2) is 0 Å². The highest BCUT2D eigenvalue weighted by atomic mass is 16.6. The van der Waals surface area contributed by atoms with Gasteiger partial charge in [0.1, 0.15) is 0 Å². The number of carbonyl (C=O) groups excluding carboxylic acids is 1. The van der Waals surface area contributed by atoms with Crippen molar-refractivity contribution < 1.29 is 9.72 Å². The van der Waals surface area contributed by atoms with Crippen LogP contribution < -0.4 is 5.84 Å². The number of non-ortho nitro benzene ring substituents is 1. The first-order valence-electron chi connectivity index (χ1n) is 5.33. The SMILES string of the molecule is CCCC(=O)N(N)Cc1ccc([N+](=O)[O-])cc1. The Balaban J connectivity index is 2.63. The third-order valence-electron chi connectivity index (χ3n) is 2.28. The molecule has 0 fully saturated rings. The Morgan fingerprint density at radius 3 is 2.47 bits per heavy atom. The zero-order valence-electron chi connectivity index (χ0n) is 9.63. The van der Waals surface area contributed by atoms with Crippen LogP contribution in [0.25, 0.3) is 0 Å². The molecule has 1 rings (SSSR count). The molecular weight excluding hydrogens is 222 g/mol. The van der Waals surface area contributed by atoms with Gasteiger partial charge in [0.25, 0.3) is 5.69 Å². The molecule has 0 unspecified atom stereocenters. The highest BCUT2D eigenvalue weighted by Crippen LogP contribution is 2.12. The summed E-state index contributed by atoms with van der Waals surface area (Å²) < 4.78 is 0. The number of rotatable bonds is 5. The van der Waals surface area contributed by atoms with E-state index in [1.165, 1.54) is 12.1 Å². The first-order valence-corrected chi connectivity index (χ1v) is 5.33. The van der Waals surface area contributed by atoms with Crippen LogP contribution >= 0.6 is 0 Å². The molecule has 1 amide bonds. The molecule has 1 aromatic carbocycles. The Bertz CT molecular complexity index is 403. The second-order valence-corrected chi connectivity index (χ2v) is 3.70. The van der Waals surface area contributed by atoms with Gasteiger partial charge >= 0.3 is 0 Å². The zero-order chi connectivity index (χ0) is 12.8. The van der Waals surface area contributed by atoms with Gasteiger partial charge in [-0.05, 0) is 12.0 Å². The molecule has 0 saturated heterocycles. The van der Waals surface area contributed by atoms with Gasteiger partial charge in [-0.15, -0.1) is 0 Å². The third kappa shape index (κ3) is 3.84. The lowest BCUT2D eigenvalue weighted by molar-refractivity contribution is -0.384. The fourth-order valence-electron chi connectivity index (χ4n) is 1.37. The molecule has 0 spiro atoms. The Hall–Kier alpha value is -1.95. The van der Waals surface area contributed by atoms with Crippen LogP contribution in [-0.2, 0) is 11.3 Å². The molecule has 6 nitrogen and oxygen atoms in total. The predicted octanol–water partition coefficient (Wildman–Crippen LogP) is 1.60. The highest BCUT2D eigenvalue weighted by molar-refractivity contribution is 5.75. The lowest BCUT2D eigenvalue weighted by Crippen LogP contribution is -2.36. The topological polar surface area (TPSA) is 89.5 Å². The minimum absolute atomic E-state index is 0.0252. The standard InChI is InChI=1S/C11H15N3O3/c1-2-3-11(15)13(12)8-9-4-6-10(7-5-9)14(16)17/h4-7H,2-3,8,12H2,1H3. The molecule has 0 aliphatic rings. The number of amides is 1. The van der Waals surface area contributed by atoms with Crippen LogP contribution in [0.2, 0.25) is 0 Å². The lowest BCUT2D eigenvalue weighted by atomic mass is 10.2. The average molecular weight is 237 g/mol. The Labute approximate surface area is 99.1 Å². The number of hydrazine groups is 1. The molecule has 1 aromatic rings. The van der Waals surface area contributed by atoms with Gasteiger partial charge in [-0.25, -0.2) is 5.84 Å². The van der Waals surface area contributed by atoms with Crippen LogP contribution in [0.5, 0.6) is 0 Å². The summed E-state index contributed by atoms with van der Waals surface area (Å²) in [5.41, 5.74) is 0.791. The van der Waals surface area contributed by atoms with Gasteiger partial charge in [0.05, 0.1) is 11.5 Å². The van der Waals surface area contributed by atoms with E-state index in [0.717, 1.165) is 17.0 Å². The predicted molar refractivity (Wildman–Crippen MR) is 62.7 cm³/mol. The quantitative estimate of drug-likeness (QED) is 0.364. The molecule has 0 saturated carbocycles. The van der Waals surface area contributed by atoms with E-state index in [1.807, 2.05) is 6.92 Å². The van der Waals surface area contributed by atoms with Crippen molar-refractivity contribution in [2.24, 2.45) is 5.84 Å². The summed E-state index contributed by atoms with van der Waals surface area (Å²) in [6, 6.07) is 5.98. The van der Waals surface area contributed by atoms with Crippen LogP contribution in [0.4, 0.5) is 5.69 Å². The number of hydrogen-bond donors (Lipinski definition) is 1. The van der Waals surface area contributed by atoms with Gasteiger partial charge in [0, 0.05) is 18.6 Å². The van der Waals surface area contributed by atoms with Crippen LogP contribution in [0, 0.1) is 10.1 Å². The number of hydrogen-bond acceptors (Lipinski definition) is 4. The van der Waals surface area contributed by atoms with Crippen LogP contribution in [0.1, 0.15) is 25.3 Å². The number of nitro groups is 1. The molecule has 0 heterocycles. The van der Waals surface area contributed by atoms with Crippen molar-refractivity contribution in [3.05, 3.63) is 39.9 Å². The second-order valence-electron chi connectivity index (χ2n) is 3.70. The first kappa shape index (κ1) is 13.1. The Morgan fingerprint density at radius 2 is 2.00 bits per heavy atom. The smallest absolute Gasteiger partial charge is 0.269 e. The van der Waals surface area contributed by atoms with Gasteiger partial charge in [-0.1, -0.05) is 19.1 Å². The fraction of sp³-hybridized carbons (Fsp3) is 0.364. The Morgan fingerprint density at radius 1 is 1.41 bits per heavy atom. The number of benzene rings is 1. The van der Waals surface area contributed by atoms with Crippen LogP contribution in [0.15, 0.2) is 24.3 Å². The largest absolute Gasteiger partial charge is 0.276 e. The maximum atomic E-state index is 11.4. The normalized spacial score (nSPS) is 10.0. The van der Waals surface area contributed by atoms with Crippen molar-refractivity contribution in [3.8, 4) is 0 Å². The van der Waals surface area contributed by atoms with Gasteiger partial charge in [-0.2, -0.15) is 0 Å². The van der Waals surface area contributed by atoms with Gasteiger partial charge in [-0.3, -0.25) is 19.9 Å². The van der Waals surface area contributed by atoms with Crippen LogP contribution in [-0.4, -0.2) is 15.8 Å². The number of nitro benzene ring substituents is 1. The Kier molecular flexibility index (Phi) is 4.59. The number of carbonyl (C=O) groups is 1. The molecule has 0 radical (unpaired) electrons. The van der Waals surface area contributed by atoms with Crippen LogP contribution in [0.3, 0.4) is 0 Å². The molecular formula is C11H15N3O3. The summed E-state index contributed by atoms with van der Waals surface area (Å²) in [6.07, 6.45) is 1.15. The van der Waals surface area contributed by atoms with E-state index in [9.17, 15) is 14.9 Å². The van der Waals surface area contributed by atoms with E-state index < -0.39 is 4.92 Å². The lowest BCUT2D eigenvalue weighted by Gasteiger charge is -2.16. The monoisotopic (exact) mass is 237 g/mol. The first-order chi connectivity index (χ1) is 8.04. The summed E-state index contributed by atoms with van der Waals surface area (Å²) in [5, 5.41) is 11.6. The minimum Gasteiger partial charge on any atom is -0.276 e. The maximum Gasteiger partial charge on any atom is 0.269 e. The van der Waals surface area contributed by atoms with E-state index in [1.54, 1.807) is 12.1 Å². The van der Waals surface area contributed by atoms with Crippen molar-refractivity contribution in [1.82, 2.24) is 5.01 Å². The number of nitrogens with two attached hydrogens (primary N) is 1. The van der Waals surface area contributed by atoms with Crippen molar-refractivity contribution in [1.29, 1.82) is 0 Å². The summed E-state index contributed by atoms with van der Waals surface area (Å²) in [7, 11) is 0. The van der Waals surface area contributed by atoms with Gasteiger partial charge in [0.2, 0.25) is 5.91 Å². The maximum absolute atomic E-state index is 11.4. The molecule has 0 aliphatic carbocycles. The van der Waals surface area contributed by atoms with E-state index in [0.29, 0.717) is 6.42 Å². The molecule has 0 aliphatic heterocycles.